The number of carbonyl (C=O) groups is 2. The molecule has 164 valence electrons. The van der Waals surface area contributed by atoms with E-state index in [2.05, 4.69) is 10.6 Å². The molecule has 0 aromatic carbocycles. The molecule has 1 aromatic heterocycles. The normalized spacial score (nSPS) is 20.7. The van der Waals surface area contributed by atoms with Crippen LogP contribution < -0.4 is 10.00 Å². The molecule has 0 saturated carbocycles. The molecule has 0 aliphatic carbocycles. The third-order valence-electron chi connectivity index (χ3n) is 4.86. The summed E-state index contributed by atoms with van der Waals surface area (Å²) in [5, 5.41) is 18.2. The van der Waals surface area contributed by atoms with Gasteiger partial charge in [-0.05, 0) is 53.1 Å². The van der Waals surface area contributed by atoms with Gasteiger partial charge in [0.05, 0.1) is 5.41 Å². The largest absolute Gasteiger partial charge is 0.425 e. The topological polar surface area (TPSA) is 118 Å². The number of rotatable bonds is 4. The zero-order valence-electron chi connectivity index (χ0n) is 18.5. The second-order valence-electron chi connectivity index (χ2n) is 9.80. The third kappa shape index (κ3) is 5.66. The van der Waals surface area contributed by atoms with E-state index in [1.54, 1.807) is 31.6 Å². The van der Waals surface area contributed by atoms with Crippen LogP contribution in [0.25, 0.3) is 0 Å². The number of ether oxygens (including phenoxy) is 2. The summed E-state index contributed by atoms with van der Waals surface area (Å²) in [6.45, 7) is 14.4. The summed E-state index contributed by atoms with van der Waals surface area (Å²) >= 11 is 0. The van der Waals surface area contributed by atoms with Gasteiger partial charge in [0.2, 0.25) is 11.6 Å². The van der Waals surface area contributed by atoms with Crippen molar-refractivity contribution in [3.8, 4) is 0 Å². The van der Waals surface area contributed by atoms with Crippen LogP contribution in [0, 0.1) is 5.41 Å². The molecule has 1 unspecified atom stereocenters. The number of aromatic nitrogens is 2. The Morgan fingerprint density at radius 2 is 1.83 bits per heavy atom. The van der Waals surface area contributed by atoms with E-state index in [9.17, 15) is 14.8 Å². The van der Waals surface area contributed by atoms with Gasteiger partial charge in [0, 0.05) is 30.8 Å². The molecule has 2 heterocycles. The van der Waals surface area contributed by atoms with Crippen molar-refractivity contribution in [2.75, 3.05) is 5.32 Å². The number of esters is 1. The predicted molar refractivity (Wildman–Crippen MR) is 102 cm³/mol. The molecular formula is C19H33N4O6+. The summed E-state index contributed by atoms with van der Waals surface area (Å²) < 4.78 is 16.9. The average Bonchev–Trinajstić information content (AvgIpc) is 2.99. The molecule has 2 N–H and O–H groups in total. The highest BCUT2D eigenvalue weighted by Gasteiger charge is 2.49. The van der Waals surface area contributed by atoms with Gasteiger partial charge >= 0.3 is 17.9 Å². The summed E-state index contributed by atoms with van der Waals surface area (Å²) in [7, 11) is 0. The van der Waals surface area contributed by atoms with Crippen molar-refractivity contribution < 1.29 is 33.5 Å². The molecule has 1 aliphatic heterocycles. The van der Waals surface area contributed by atoms with Crippen molar-refractivity contribution >= 4 is 17.9 Å². The number of hydrogen-bond acceptors (Lipinski definition) is 8. The van der Waals surface area contributed by atoms with E-state index in [1.807, 2.05) is 27.7 Å². The van der Waals surface area contributed by atoms with Gasteiger partial charge in [-0.3, -0.25) is 14.6 Å². The number of amides is 1. The van der Waals surface area contributed by atoms with Crippen LogP contribution in [0.15, 0.2) is 10.7 Å². The second kappa shape index (κ2) is 7.91. The zero-order chi connectivity index (χ0) is 22.2. The fourth-order valence-electron chi connectivity index (χ4n) is 3.52. The van der Waals surface area contributed by atoms with Crippen LogP contribution >= 0.6 is 0 Å². The lowest BCUT2D eigenvalue weighted by Crippen LogP contribution is -2.62. The molecule has 29 heavy (non-hydrogen) atoms. The highest BCUT2D eigenvalue weighted by molar-refractivity contribution is 5.82. The molecule has 1 aromatic rings. The lowest BCUT2D eigenvalue weighted by Gasteiger charge is -2.48. The van der Waals surface area contributed by atoms with Gasteiger partial charge < -0.3 is 14.7 Å². The summed E-state index contributed by atoms with van der Waals surface area (Å²) in [5.74, 6) is -0.373. The first-order valence-electron chi connectivity index (χ1n) is 9.68. The molecule has 0 spiro atoms. The van der Waals surface area contributed by atoms with Gasteiger partial charge in [-0.25, -0.2) is 4.79 Å². The standard InChI is InChI=1S/C19H32N4O6/c1-12(27-15(24)17(2,3)4)28-16(25)20-14-11-22(21-29-14)13-9-18(5,6)23(26)19(7,8)10-13/h11-13,26H,9-10H2,1-8H3/p+1. The van der Waals surface area contributed by atoms with E-state index in [0.717, 1.165) is 0 Å². The van der Waals surface area contributed by atoms with E-state index in [1.165, 1.54) is 12.0 Å². The van der Waals surface area contributed by atoms with Gasteiger partial charge in [-0.2, -0.15) is 5.06 Å². The highest BCUT2D eigenvalue weighted by atomic mass is 16.7. The molecule has 10 heteroatoms. The van der Waals surface area contributed by atoms with Crippen LogP contribution in [-0.4, -0.2) is 45.0 Å². The monoisotopic (exact) mass is 413 g/mol. The minimum Gasteiger partial charge on any atom is -0.425 e. The van der Waals surface area contributed by atoms with Crippen molar-refractivity contribution in [3.05, 3.63) is 6.20 Å². The lowest BCUT2D eigenvalue weighted by molar-refractivity contribution is -0.791. The van der Waals surface area contributed by atoms with E-state index in [4.69, 9.17) is 14.0 Å². The predicted octanol–water partition coefficient (Wildman–Crippen LogP) is 3.03. The van der Waals surface area contributed by atoms with E-state index >= 15 is 0 Å². The lowest BCUT2D eigenvalue weighted by atomic mass is 9.79. The van der Waals surface area contributed by atoms with Crippen molar-refractivity contribution in [3.63, 3.8) is 0 Å². The zero-order valence-corrected chi connectivity index (χ0v) is 18.5. The summed E-state index contributed by atoms with van der Waals surface area (Å²) in [6.07, 6.45) is 0.985. The quantitative estimate of drug-likeness (QED) is 0.439. The Hall–Kier alpha value is -2.20. The molecule has 0 radical (unpaired) electrons. The number of nitrogens with zero attached hydrogens (tertiary/aromatic N) is 3. The molecule has 1 aliphatic rings. The Morgan fingerprint density at radius 3 is 2.34 bits per heavy atom. The molecule has 1 amide bonds. The SMILES string of the molecule is CC(OC(=O)Nc1c[n+](C2CC(C)(C)N(O)C(C)(C)C2)no1)OC(=O)C(C)(C)C. The van der Waals surface area contributed by atoms with Gasteiger partial charge in [-0.1, -0.05) is 0 Å². The Bertz CT molecular complexity index is 734. The first kappa shape index (κ1) is 23.1. The van der Waals surface area contributed by atoms with Crippen LogP contribution in [0.2, 0.25) is 0 Å². The van der Waals surface area contributed by atoms with Crippen LogP contribution in [0.3, 0.4) is 0 Å². The number of hydroxylamine groups is 2. The third-order valence-corrected chi connectivity index (χ3v) is 4.86. The maximum absolute atomic E-state index is 12.0. The van der Waals surface area contributed by atoms with Crippen molar-refractivity contribution in [2.24, 2.45) is 5.41 Å². The first-order valence-corrected chi connectivity index (χ1v) is 9.68. The minimum atomic E-state index is -1.05. The van der Waals surface area contributed by atoms with Gasteiger partial charge in [0.25, 0.3) is 6.20 Å². The Kier molecular flexibility index (Phi) is 6.29. The van der Waals surface area contributed by atoms with Gasteiger partial charge in [-0.15, -0.1) is 0 Å². The number of nitrogens with one attached hydrogen (secondary N) is 1. The maximum atomic E-state index is 12.0. The van der Waals surface area contributed by atoms with E-state index in [0.29, 0.717) is 12.8 Å². The summed E-state index contributed by atoms with van der Waals surface area (Å²) in [5.41, 5.74) is -1.59. The van der Waals surface area contributed by atoms with Crippen LogP contribution in [0.4, 0.5) is 10.7 Å². The minimum absolute atomic E-state index is 0.0228. The number of hydrogen-bond donors (Lipinski definition) is 2. The molecule has 10 nitrogen and oxygen atoms in total. The van der Waals surface area contributed by atoms with Crippen molar-refractivity contribution in [1.82, 2.24) is 10.3 Å². The highest BCUT2D eigenvalue weighted by Crippen LogP contribution is 2.40. The smallest absolute Gasteiger partial charge is 0.417 e. The van der Waals surface area contributed by atoms with E-state index in [-0.39, 0.29) is 11.9 Å². The number of anilines is 1. The average molecular weight is 413 g/mol. The molecule has 0 bridgehead atoms. The summed E-state index contributed by atoms with van der Waals surface area (Å²) in [6, 6.07) is -0.0228. The Morgan fingerprint density at radius 1 is 1.28 bits per heavy atom. The maximum Gasteiger partial charge on any atom is 0.417 e. The van der Waals surface area contributed by atoms with Crippen LogP contribution in [-0.2, 0) is 14.3 Å². The van der Waals surface area contributed by atoms with Gasteiger partial charge in [0.1, 0.15) is 0 Å². The van der Waals surface area contributed by atoms with Crippen molar-refractivity contribution in [2.45, 2.75) is 91.6 Å². The summed E-state index contributed by atoms with van der Waals surface area (Å²) in [4.78, 5) is 23.9. The first-order chi connectivity index (χ1) is 13.1. The molecule has 1 fully saturated rings. The van der Waals surface area contributed by atoms with Crippen molar-refractivity contribution in [1.29, 1.82) is 0 Å². The van der Waals surface area contributed by atoms with Crippen LogP contribution in [0.5, 0.6) is 0 Å². The fraction of sp³-hybridized carbons (Fsp3) is 0.789. The Balaban J connectivity index is 1.96. The second-order valence-corrected chi connectivity index (χ2v) is 9.80. The molecule has 2 rings (SSSR count). The molecule has 1 atom stereocenters. The van der Waals surface area contributed by atoms with Gasteiger partial charge in [0.15, 0.2) is 6.04 Å². The molecule has 1 saturated heterocycles. The number of piperidine rings is 1. The number of carbonyl (C=O) groups excluding carboxylic acids is 2. The fourth-order valence-corrected chi connectivity index (χ4v) is 3.52. The Labute approximate surface area is 171 Å². The van der Waals surface area contributed by atoms with Crippen LogP contribution in [0.1, 0.15) is 74.3 Å². The molecular weight excluding hydrogens is 380 g/mol. The van der Waals surface area contributed by atoms with E-state index < -0.39 is 34.8 Å².